The molecule has 0 aliphatic rings. The van der Waals surface area contributed by atoms with Crippen molar-refractivity contribution in [3.05, 3.63) is 35.9 Å². The Balaban J connectivity index is 2.56. The van der Waals surface area contributed by atoms with E-state index < -0.39 is 0 Å². The molecule has 14 heavy (non-hydrogen) atoms. The number of rotatable bonds is 4. The molecule has 1 aromatic rings. The highest BCUT2D eigenvalue weighted by molar-refractivity contribution is 6.29. The lowest BCUT2D eigenvalue weighted by atomic mass is 10.4. The van der Waals surface area contributed by atoms with Crippen LogP contribution in [-0.2, 0) is 0 Å². The minimum atomic E-state index is -0.276. The van der Waals surface area contributed by atoms with Crippen LogP contribution in [0.4, 0.5) is 0 Å². The highest BCUT2D eigenvalue weighted by Gasteiger charge is 2.06. The molecule has 0 fully saturated rings. The minimum Gasteiger partial charge on any atom is -0.350 e. The zero-order chi connectivity index (χ0) is 10.4. The van der Waals surface area contributed by atoms with Crippen molar-refractivity contribution in [1.29, 1.82) is 0 Å². The lowest BCUT2D eigenvalue weighted by Gasteiger charge is -2.01. The monoisotopic (exact) mass is 211 g/mol. The molecule has 1 N–H and O–H groups in total. The van der Waals surface area contributed by atoms with Gasteiger partial charge in [-0.2, -0.15) is 0 Å². The van der Waals surface area contributed by atoms with Crippen LogP contribution >= 0.6 is 11.6 Å². The number of halogens is 1. The van der Waals surface area contributed by atoms with Crippen molar-refractivity contribution >= 4 is 17.5 Å². The van der Waals surface area contributed by atoms with Crippen molar-refractivity contribution in [2.75, 3.05) is 6.54 Å². The van der Waals surface area contributed by atoms with Crippen molar-refractivity contribution in [1.82, 2.24) is 15.3 Å². The van der Waals surface area contributed by atoms with E-state index in [0.717, 1.165) is 6.42 Å². The Labute approximate surface area is 87.0 Å². The molecule has 0 radical (unpaired) electrons. The molecule has 1 aromatic heterocycles. The van der Waals surface area contributed by atoms with Gasteiger partial charge in [-0.05, 0) is 6.42 Å². The summed E-state index contributed by atoms with van der Waals surface area (Å²) in [4.78, 5) is 18.9. The Hall–Kier alpha value is -1.42. The second-order valence-corrected chi connectivity index (χ2v) is 2.95. The number of carbonyl (C=O) groups excluding carboxylic acids is 1. The maximum atomic E-state index is 11.4. The van der Waals surface area contributed by atoms with E-state index in [1.54, 1.807) is 6.08 Å². The Morgan fingerprint density at radius 3 is 3.07 bits per heavy atom. The Morgan fingerprint density at radius 1 is 1.64 bits per heavy atom. The molecule has 4 nitrogen and oxygen atoms in total. The van der Waals surface area contributed by atoms with Crippen molar-refractivity contribution in [2.24, 2.45) is 0 Å². The predicted molar refractivity (Wildman–Crippen MR) is 54.2 cm³/mol. The van der Waals surface area contributed by atoms with E-state index in [9.17, 15) is 4.79 Å². The van der Waals surface area contributed by atoms with Gasteiger partial charge in [0.2, 0.25) is 0 Å². The van der Waals surface area contributed by atoms with Crippen molar-refractivity contribution in [3.8, 4) is 0 Å². The van der Waals surface area contributed by atoms with Crippen LogP contribution in [0.5, 0.6) is 0 Å². The maximum absolute atomic E-state index is 11.4. The topological polar surface area (TPSA) is 54.9 Å². The molecule has 1 heterocycles. The van der Waals surface area contributed by atoms with E-state index in [4.69, 9.17) is 11.6 Å². The third-order valence-electron chi connectivity index (χ3n) is 1.47. The van der Waals surface area contributed by atoms with E-state index >= 15 is 0 Å². The molecular formula is C9H10ClN3O. The molecule has 5 heteroatoms. The summed E-state index contributed by atoms with van der Waals surface area (Å²) in [6.45, 7) is 4.08. The molecule has 0 aliphatic carbocycles. The van der Waals surface area contributed by atoms with Gasteiger partial charge in [0.15, 0.2) is 0 Å². The Morgan fingerprint density at radius 2 is 2.43 bits per heavy atom. The number of aromatic nitrogens is 2. The second kappa shape index (κ2) is 5.34. The SMILES string of the molecule is C=CCCNC(=O)c1cncc(Cl)n1. The van der Waals surface area contributed by atoms with Gasteiger partial charge in [0, 0.05) is 6.54 Å². The molecular weight excluding hydrogens is 202 g/mol. The molecule has 74 valence electrons. The zero-order valence-corrected chi connectivity index (χ0v) is 8.29. The normalized spacial score (nSPS) is 9.50. The van der Waals surface area contributed by atoms with Crippen LogP contribution in [0, 0.1) is 0 Å². The number of amides is 1. The van der Waals surface area contributed by atoms with Crippen LogP contribution in [0.1, 0.15) is 16.9 Å². The molecule has 0 saturated carbocycles. The third-order valence-corrected chi connectivity index (χ3v) is 1.65. The summed E-state index contributed by atoms with van der Waals surface area (Å²) >= 11 is 5.58. The van der Waals surface area contributed by atoms with Crippen LogP contribution in [-0.4, -0.2) is 22.4 Å². The van der Waals surface area contributed by atoms with Gasteiger partial charge >= 0.3 is 0 Å². The lowest BCUT2D eigenvalue weighted by molar-refractivity contribution is 0.0949. The predicted octanol–water partition coefficient (Wildman–Crippen LogP) is 1.44. The Kier molecular flexibility index (Phi) is 4.07. The first kappa shape index (κ1) is 10.7. The summed E-state index contributed by atoms with van der Waals surface area (Å²) in [5.41, 5.74) is 0.224. The quantitative estimate of drug-likeness (QED) is 0.606. The van der Waals surface area contributed by atoms with Gasteiger partial charge in [-0.15, -0.1) is 6.58 Å². The average molecular weight is 212 g/mol. The molecule has 0 spiro atoms. The van der Waals surface area contributed by atoms with Crippen LogP contribution in [0.2, 0.25) is 5.15 Å². The zero-order valence-electron chi connectivity index (χ0n) is 7.53. The standard InChI is InChI=1S/C9H10ClN3O/c1-2-3-4-12-9(14)7-5-11-6-8(10)13-7/h2,5-6H,1,3-4H2,(H,12,14). The van der Waals surface area contributed by atoms with Gasteiger partial charge in [-0.1, -0.05) is 17.7 Å². The fraction of sp³-hybridized carbons (Fsp3) is 0.222. The summed E-state index contributed by atoms with van der Waals surface area (Å²) in [6.07, 6.45) is 5.20. The summed E-state index contributed by atoms with van der Waals surface area (Å²) in [5, 5.41) is 2.87. The smallest absolute Gasteiger partial charge is 0.271 e. The van der Waals surface area contributed by atoms with Gasteiger partial charge in [-0.3, -0.25) is 9.78 Å². The Bertz CT molecular complexity index is 341. The molecule has 0 aromatic carbocycles. The molecule has 0 saturated heterocycles. The van der Waals surface area contributed by atoms with Crippen LogP contribution in [0.3, 0.4) is 0 Å². The first-order valence-corrected chi connectivity index (χ1v) is 4.48. The second-order valence-electron chi connectivity index (χ2n) is 2.56. The molecule has 0 atom stereocenters. The third kappa shape index (κ3) is 3.14. The molecule has 1 rings (SSSR count). The number of nitrogens with one attached hydrogen (secondary N) is 1. The maximum Gasteiger partial charge on any atom is 0.271 e. The van der Waals surface area contributed by atoms with E-state index in [0.29, 0.717) is 6.54 Å². The summed E-state index contributed by atoms with van der Waals surface area (Å²) < 4.78 is 0. The largest absolute Gasteiger partial charge is 0.350 e. The van der Waals surface area contributed by atoms with E-state index in [-0.39, 0.29) is 16.8 Å². The fourth-order valence-corrected chi connectivity index (χ4v) is 0.977. The number of carbonyl (C=O) groups is 1. The minimum absolute atomic E-state index is 0.210. The fourth-order valence-electron chi connectivity index (χ4n) is 0.830. The van der Waals surface area contributed by atoms with Gasteiger partial charge in [0.25, 0.3) is 5.91 Å². The molecule has 0 aliphatic heterocycles. The van der Waals surface area contributed by atoms with Crippen LogP contribution < -0.4 is 5.32 Å². The van der Waals surface area contributed by atoms with Crippen LogP contribution in [0.15, 0.2) is 25.0 Å². The van der Waals surface area contributed by atoms with Gasteiger partial charge in [0.05, 0.1) is 12.4 Å². The summed E-state index contributed by atoms with van der Waals surface area (Å²) in [5.74, 6) is -0.276. The first-order chi connectivity index (χ1) is 6.74. The van der Waals surface area contributed by atoms with Gasteiger partial charge in [-0.25, -0.2) is 4.98 Å². The average Bonchev–Trinajstić information content (AvgIpc) is 2.18. The summed E-state index contributed by atoms with van der Waals surface area (Å²) in [6, 6.07) is 0. The van der Waals surface area contributed by atoms with Crippen molar-refractivity contribution in [3.63, 3.8) is 0 Å². The first-order valence-electron chi connectivity index (χ1n) is 4.10. The van der Waals surface area contributed by atoms with Crippen molar-refractivity contribution in [2.45, 2.75) is 6.42 Å². The van der Waals surface area contributed by atoms with Crippen LogP contribution in [0.25, 0.3) is 0 Å². The number of hydrogen-bond donors (Lipinski definition) is 1. The highest BCUT2D eigenvalue weighted by atomic mass is 35.5. The molecule has 0 unspecified atom stereocenters. The van der Waals surface area contributed by atoms with Gasteiger partial charge in [0.1, 0.15) is 10.8 Å². The van der Waals surface area contributed by atoms with E-state index in [1.165, 1.54) is 12.4 Å². The van der Waals surface area contributed by atoms with Gasteiger partial charge < -0.3 is 5.32 Å². The highest BCUT2D eigenvalue weighted by Crippen LogP contribution is 2.01. The van der Waals surface area contributed by atoms with E-state index in [2.05, 4.69) is 21.9 Å². The number of nitrogens with zero attached hydrogens (tertiary/aromatic N) is 2. The summed E-state index contributed by atoms with van der Waals surface area (Å²) in [7, 11) is 0. The lowest BCUT2D eigenvalue weighted by Crippen LogP contribution is -2.25. The van der Waals surface area contributed by atoms with E-state index in [1.807, 2.05) is 0 Å². The molecule has 0 bridgehead atoms. The van der Waals surface area contributed by atoms with Crippen molar-refractivity contribution < 1.29 is 4.79 Å². The molecule has 1 amide bonds. The number of hydrogen-bond acceptors (Lipinski definition) is 3.